The molecule has 0 saturated carbocycles. The Bertz CT molecular complexity index is 109. The van der Waals surface area contributed by atoms with Gasteiger partial charge < -0.3 is 5.32 Å². The quantitative estimate of drug-likeness (QED) is 0.624. The van der Waals surface area contributed by atoms with Crippen LogP contribution in [0.25, 0.3) is 0 Å². The lowest BCUT2D eigenvalue weighted by molar-refractivity contribution is 0.350. The van der Waals surface area contributed by atoms with Crippen LogP contribution in [0.1, 0.15) is 59.8 Å². The molecule has 80 valence electrons. The molecule has 1 nitrogen and oxygen atoms in total. The molecule has 0 rings (SSSR count). The van der Waals surface area contributed by atoms with Gasteiger partial charge in [0.25, 0.3) is 0 Å². The fourth-order valence-electron chi connectivity index (χ4n) is 1.60. The predicted molar refractivity (Wildman–Crippen MR) is 61.1 cm³/mol. The summed E-state index contributed by atoms with van der Waals surface area (Å²) in [5.74, 6) is 0. The molecule has 13 heavy (non-hydrogen) atoms. The summed E-state index contributed by atoms with van der Waals surface area (Å²) in [6.45, 7) is 9.22. The zero-order chi connectivity index (χ0) is 10.3. The number of rotatable bonds is 6. The van der Waals surface area contributed by atoms with Crippen molar-refractivity contribution in [2.45, 2.75) is 65.8 Å². The Morgan fingerprint density at radius 1 is 1.15 bits per heavy atom. The number of hydrogen-bond donors (Lipinski definition) is 1. The van der Waals surface area contributed by atoms with Gasteiger partial charge in [-0.3, -0.25) is 0 Å². The van der Waals surface area contributed by atoms with Gasteiger partial charge >= 0.3 is 0 Å². The van der Waals surface area contributed by atoms with Gasteiger partial charge in [-0.2, -0.15) is 0 Å². The highest BCUT2D eigenvalue weighted by Gasteiger charge is 2.09. The summed E-state index contributed by atoms with van der Waals surface area (Å²) < 4.78 is 0. The molecule has 0 radical (unpaired) electrons. The van der Waals surface area contributed by atoms with Gasteiger partial charge in [-0.25, -0.2) is 0 Å². The van der Waals surface area contributed by atoms with Crippen molar-refractivity contribution in [1.29, 1.82) is 0 Å². The molecule has 1 atom stereocenters. The van der Waals surface area contributed by atoms with E-state index in [1.165, 1.54) is 32.1 Å². The highest BCUT2D eigenvalue weighted by atomic mass is 14.9. The van der Waals surface area contributed by atoms with E-state index in [0.717, 1.165) is 6.04 Å². The topological polar surface area (TPSA) is 12.0 Å². The molecule has 0 aliphatic rings. The molecule has 0 aromatic rings. The molecule has 1 N–H and O–H groups in total. The second-order valence-electron chi connectivity index (χ2n) is 5.20. The Balaban J connectivity index is 3.34. The maximum absolute atomic E-state index is 3.35. The Morgan fingerprint density at radius 2 is 1.77 bits per heavy atom. The van der Waals surface area contributed by atoms with E-state index in [0.29, 0.717) is 5.41 Å². The molecule has 0 aliphatic heterocycles. The normalized spacial score (nSPS) is 14.5. The molecule has 0 heterocycles. The monoisotopic (exact) mass is 185 g/mol. The highest BCUT2D eigenvalue weighted by Crippen LogP contribution is 2.22. The van der Waals surface area contributed by atoms with Crippen LogP contribution in [0.15, 0.2) is 0 Å². The van der Waals surface area contributed by atoms with Crippen LogP contribution in [-0.2, 0) is 0 Å². The Kier molecular flexibility index (Phi) is 6.40. The first-order valence-electron chi connectivity index (χ1n) is 5.67. The molecule has 0 bridgehead atoms. The Hall–Kier alpha value is -0.0400. The van der Waals surface area contributed by atoms with E-state index in [1.54, 1.807) is 0 Å². The first-order valence-corrected chi connectivity index (χ1v) is 5.67. The maximum atomic E-state index is 3.35. The van der Waals surface area contributed by atoms with Crippen molar-refractivity contribution in [3.8, 4) is 0 Å². The SMILES string of the molecule is CCC(CCCCC(C)(C)C)NC. The minimum absolute atomic E-state index is 0.515. The largest absolute Gasteiger partial charge is 0.317 e. The highest BCUT2D eigenvalue weighted by molar-refractivity contribution is 4.65. The van der Waals surface area contributed by atoms with Crippen molar-refractivity contribution in [2.24, 2.45) is 5.41 Å². The fourth-order valence-corrected chi connectivity index (χ4v) is 1.60. The predicted octanol–water partition coefficient (Wildman–Crippen LogP) is 3.59. The van der Waals surface area contributed by atoms with E-state index in [4.69, 9.17) is 0 Å². The maximum Gasteiger partial charge on any atom is 0.00614 e. The van der Waals surface area contributed by atoms with Crippen LogP contribution in [0.5, 0.6) is 0 Å². The van der Waals surface area contributed by atoms with Crippen molar-refractivity contribution < 1.29 is 0 Å². The minimum Gasteiger partial charge on any atom is -0.317 e. The third kappa shape index (κ3) is 8.29. The van der Waals surface area contributed by atoms with Gasteiger partial charge in [0.1, 0.15) is 0 Å². The standard InChI is InChI=1S/C12H27N/c1-6-11(13-5)9-7-8-10-12(2,3)4/h11,13H,6-10H2,1-5H3. The van der Waals surface area contributed by atoms with Crippen LogP contribution in [-0.4, -0.2) is 13.1 Å². The second-order valence-corrected chi connectivity index (χ2v) is 5.20. The summed E-state index contributed by atoms with van der Waals surface area (Å²) in [7, 11) is 2.07. The fraction of sp³-hybridized carbons (Fsp3) is 1.00. The average Bonchev–Trinajstić information content (AvgIpc) is 2.03. The Labute approximate surface area is 84.3 Å². The van der Waals surface area contributed by atoms with Crippen LogP contribution in [0, 0.1) is 5.41 Å². The summed E-state index contributed by atoms with van der Waals surface area (Å²) >= 11 is 0. The second kappa shape index (κ2) is 6.42. The summed E-state index contributed by atoms with van der Waals surface area (Å²) in [6, 6.07) is 0.736. The first-order chi connectivity index (χ1) is 5.99. The molecule has 0 fully saturated rings. The van der Waals surface area contributed by atoms with E-state index < -0.39 is 0 Å². The average molecular weight is 185 g/mol. The van der Waals surface area contributed by atoms with Gasteiger partial charge in [0.05, 0.1) is 0 Å². The smallest absolute Gasteiger partial charge is 0.00614 e. The zero-order valence-corrected chi connectivity index (χ0v) is 10.1. The van der Waals surface area contributed by atoms with Crippen LogP contribution >= 0.6 is 0 Å². The summed E-state index contributed by atoms with van der Waals surface area (Å²) in [5.41, 5.74) is 0.515. The number of unbranched alkanes of at least 4 members (excludes halogenated alkanes) is 1. The summed E-state index contributed by atoms with van der Waals surface area (Å²) in [6.07, 6.45) is 6.69. The van der Waals surface area contributed by atoms with Crippen molar-refractivity contribution >= 4 is 0 Å². The van der Waals surface area contributed by atoms with E-state index in [1.807, 2.05) is 0 Å². The van der Waals surface area contributed by atoms with E-state index in [9.17, 15) is 0 Å². The molecule has 1 heteroatoms. The molecule has 0 aromatic carbocycles. The van der Waals surface area contributed by atoms with Crippen molar-refractivity contribution in [3.63, 3.8) is 0 Å². The van der Waals surface area contributed by atoms with Crippen LogP contribution in [0.4, 0.5) is 0 Å². The molecule has 0 saturated heterocycles. The molecule has 0 spiro atoms. The molecular weight excluding hydrogens is 158 g/mol. The van der Waals surface area contributed by atoms with Crippen LogP contribution in [0.2, 0.25) is 0 Å². The lowest BCUT2D eigenvalue weighted by Gasteiger charge is -2.19. The lowest BCUT2D eigenvalue weighted by atomic mass is 9.89. The van der Waals surface area contributed by atoms with E-state index in [2.05, 4.69) is 40.1 Å². The zero-order valence-electron chi connectivity index (χ0n) is 10.1. The molecule has 1 unspecified atom stereocenters. The van der Waals surface area contributed by atoms with Gasteiger partial charge in [-0.1, -0.05) is 40.5 Å². The third-order valence-electron chi connectivity index (χ3n) is 2.63. The van der Waals surface area contributed by atoms with E-state index in [-0.39, 0.29) is 0 Å². The van der Waals surface area contributed by atoms with Gasteiger partial charge in [-0.05, 0) is 31.7 Å². The lowest BCUT2D eigenvalue weighted by Crippen LogP contribution is -2.23. The number of nitrogens with one attached hydrogen (secondary N) is 1. The summed E-state index contributed by atoms with van der Waals surface area (Å²) in [4.78, 5) is 0. The first kappa shape index (κ1) is 13.0. The summed E-state index contributed by atoms with van der Waals surface area (Å²) in [5, 5.41) is 3.35. The van der Waals surface area contributed by atoms with Crippen molar-refractivity contribution in [2.75, 3.05) is 7.05 Å². The van der Waals surface area contributed by atoms with Crippen LogP contribution < -0.4 is 5.32 Å². The van der Waals surface area contributed by atoms with Crippen molar-refractivity contribution in [1.82, 2.24) is 5.32 Å². The van der Waals surface area contributed by atoms with Gasteiger partial charge in [-0.15, -0.1) is 0 Å². The van der Waals surface area contributed by atoms with Gasteiger partial charge in [0, 0.05) is 6.04 Å². The Morgan fingerprint density at radius 3 is 2.15 bits per heavy atom. The molecule has 0 aliphatic carbocycles. The molecule has 0 amide bonds. The third-order valence-corrected chi connectivity index (χ3v) is 2.63. The number of hydrogen-bond acceptors (Lipinski definition) is 1. The van der Waals surface area contributed by atoms with Gasteiger partial charge in [0.2, 0.25) is 0 Å². The molecule has 0 aromatic heterocycles. The van der Waals surface area contributed by atoms with Gasteiger partial charge in [0.15, 0.2) is 0 Å². The van der Waals surface area contributed by atoms with E-state index >= 15 is 0 Å². The minimum atomic E-state index is 0.515. The van der Waals surface area contributed by atoms with Crippen LogP contribution in [0.3, 0.4) is 0 Å². The molecular formula is C12H27N. The van der Waals surface area contributed by atoms with Crippen molar-refractivity contribution in [3.05, 3.63) is 0 Å².